The highest BCUT2D eigenvalue weighted by Crippen LogP contribution is 2.14. The quantitative estimate of drug-likeness (QED) is 0.801. The van der Waals surface area contributed by atoms with Gasteiger partial charge in [-0.3, -0.25) is 9.00 Å². The predicted octanol–water partition coefficient (Wildman–Crippen LogP) is 1.71. The number of ketones is 1. The molecule has 0 saturated carbocycles. The predicted molar refractivity (Wildman–Crippen MR) is 71.4 cm³/mol. The summed E-state index contributed by atoms with van der Waals surface area (Å²) >= 11 is 1.22. The van der Waals surface area contributed by atoms with Crippen LogP contribution in [0.15, 0.2) is 28.6 Å². The second-order valence-electron chi connectivity index (χ2n) is 3.69. The maximum absolute atomic E-state index is 11.9. The van der Waals surface area contributed by atoms with E-state index in [-0.39, 0.29) is 11.5 Å². The molecule has 2 aromatic rings. The maximum atomic E-state index is 11.9. The molecule has 1 aromatic heterocycles. The summed E-state index contributed by atoms with van der Waals surface area (Å²) in [7, 11) is -1.47. The average molecular weight is 291 g/mol. The van der Waals surface area contributed by atoms with Gasteiger partial charge >= 0.3 is 0 Å². The van der Waals surface area contributed by atoms with Crippen molar-refractivity contribution >= 4 is 27.9 Å². The first kappa shape index (κ1) is 13.5. The van der Waals surface area contributed by atoms with Gasteiger partial charge in [0.1, 0.15) is 5.01 Å². The van der Waals surface area contributed by atoms with Crippen LogP contribution in [0.3, 0.4) is 0 Å². The zero-order valence-electron chi connectivity index (χ0n) is 9.99. The number of carbonyl (C=O) groups is 1. The molecule has 1 atom stereocenters. The normalized spacial score (nSPS) is 11.8. The summed E-state index contributed by atoms with van der Waals surface area (Å²) in [6.45, 7) is 1.76. The largest absolute Gasteiger partial charge is 0.293 e. The molecule has 96 valence electrons. The number of hydrogen-bond acceptors (Lipinski definition) is 6. The summed E-state index contributed by atoms with van der Waals surface area (Å²) in [5, 5.41) is 16.9. The first-order chi connectivity index (χ1) is 9.10. The summed E-state index contributed by atoms with van der Waals surface area (Å²) < 4.78 is 12.3. The van der Waals surface area contributed by atoms with Crippen molar-refractivity contribution in [3.05, 3.63) is 40.4 Å². The Morgan fingerprint density at radius 3 is 2.58 bits per heavy atom. The van der Waals surface area contributed by atoms with Crippen molar-refractivity contribution in [3.8, 4) is 6.07 Å². The average Bonchev–Trinajstić information content (AvgIpc) is 2.85. The number of Topliss-reactive ketones (excluding diaryl/α,β-unsaturated/α-hetero) is 1. The zero-order chi connectivity index (χ0) is 13.8. The molecule has 0 amide bonds. The summed E-state index contributed by atoms with van der Waals surface area (Å²) in [4.78, 5) is 11.9. The van der Waals surface area contributed by atoms with Crippen LogP contribution in [0.25, 0.3) is 0 Å². The van der Waals surface area contributed by atoms with Gasteiger partial charge in [-0.25, -0.2) is 0 Å². The Hall–Kier alpha value is -1.91. The Bertz CT molecular complexity index is 671. The van der Waals surface area contributed by atoms with Gasteiger partial charge in [0.05, 0.1) is 28.2 Å². The minimum Gasteiger partial charge on any atom is -0.293 e. The molecule has 0 aliphatic heterocycles. The molecule has 0 bridgehead atoms. The molecular formula is C12H9N3O2S2. The van der Waals surface area contributed by atoms with Gasteiger partial charge in [0.15, 0.2) is 5.78 Å². The Morgan fingerprint density at radius 2 is 2.05 bits per heavy atom. The Kier molecular flexibility index (Phi) is 4.14. The second kappa shape index (κ2) is 5.82. The maximum Gasteiger partial charge on any atom is 0.205 e. The number of aromatic nitrogens is 2. The van der Waals surface area contributed by atoms with E-state index >= 15 is 0 Å². The van der Waals surface area contributed by atoms with Crippen LogP contribution in [-0.2, 0) is 10.8 Å². The van der Waals surface area contributed by atoms with Gasteiger partial charge in [0.2, 0.25) is 4.34 Å². The van der Waals surface area contributed by atoms with Gasteiger partial charge in [-0.2, -0.15) is 5.26 Å². The third-order valence-electron chi connectivity index (χ3n) is 2.30. The first-order valence-electron chi connectivity index (χ1n) is 5.32. The molecule has 5 nitrogen and oxygen atoms in total. The van der Waals surface area contributed by atoms with E-state index in [2.05, 4.69) is 10.2 Å². The molecular weight excluding hydrogens is 282 g/mol. The highest BCUT2D eigenvalue weighted by atomic mass is 32.2. The number of aryl methyl sites for hydroxylation is 1. The number of carbonyl (C=O) groups excluding carboxylic acids is 1. The molecule has 1 heterocycles. The fourth-order valence-corrected chi connectivity index (χ4v) is 3.35. The number of nitriles is 1. The first-order valence-corrected chi connectivity index (χ1v) is 7.45. The third kappa shape index (κ3) is 3.30. The molecule has 2 rings (SSSR count). The molecule has 0 fully saturated rings. The van der Waals surface area contributed by atoms with Crippen molar-refractivity contribution in [2.24, 2.45) is 0 Å². The summed E-state index contributed by atoms with van der Waals surface area (Å²) in [5.74, 6) is -0.365. The van der Waals surface area contributed by atoms with E-state index < -0.39 is 10.8 Å². The zero-order valence-corrected chi connectivity index (χ0v) is 11.6. The molecule has 19 heavy (non-hydrogen) atoms. The smallest absolute Gasteiger partial charge is 0.205 e. The molecule has 0 radical (unpaired) electrons. The highest BCUT2D eigenvalue weighted by molar-refractivity contribution is 7.87. The SMILES string of the molecule is Cc1nnc(S(=O)CC(=O)c2ccc(C#N)cc2)s1. The molecule has 0 aliphatic rings. The Labute approximate surface area is 116 Å². The Balaban J connectivity index is 2.08. The molecule has 0 spiro atoms. The monoisotopic (exact) mass is 291 g/mol. The fourth-order valence-electron chi connectivity index (χ4n) is 1.37. The van der Waals surface area contributed by atoms with E-state index in [0.717, 1.165) is 0 Å². The van der Waals surface area contributed by atoms with Crippen LogP contribution in [0.5, 0.6) is 0 Å². The van der Waals surface area contributed by atoms with Crippen LogP contribution in [0.1, 0.15) is 20.9 Å². The highest BCUT2D eigenvalue weighted by Gasteiger charge is 2.15. The van der Waals surface area contributed by atoms with E-state index in [1.54, 1.807) is 31.2 Å². The van der Waals surface area contributed by atoms with E-state index in [1.165, 1.54) is 11.3 Å². The van der Waals surface area contributed by atoms with Crippen LogP contribution in [0.2, 0.25) is 0 Å². The molecule has 0 saturated heterocycles. The van der Waals surface area contributed by atoms with Crippen molar-refractivity contribution in [2.45, 2.75) is 11.3 Å². The van der Waals surface area contributed by atoms with E-state index in [1.807, 2.05) is 6.07 Å². The van der Waals surface area contributed by atoms with Gasteiger partial charge in [-0.1, -0.05) is 23.5 Å². The van der Waals surface area contributed by atoms with Crippen molar-refractivity contribution in [2.75, 3.05) is 5.75 Å². The lowest BCUT2D eigenvalue weighted by Gasteiger charge is -1.99. The Morgan fingerprint density at radius 1 is 1.37 bits per heavy atom. The van der Waals surface area contributed by atoms with E-state index in [4.69, 9.17) is 5.26 Å². The van der Waals surface area contributed by atoms with Crippen molar-refractivity contribution in [1.82, 2.24) is 10.2 Å². The van der Waals surface area contributed by atoms with Crippen LogP contribution in [-0.4, -0.2) is 25.9 Å². The fraction of sp³-hybridized carbons (Fsp3) is 0.167. The lowest BCUT2D eigenvalue weighted by atomic mass is 10.1. The minimum absolute atomic E-state index is 0.124. The van der Waals surface area contributed by atoms with Crippen LogP contribution < -0.4 is 0 Å². The molecule has 0 N–H and O–H groups in total. The van der Waals surface area contributed by atoms with Crippen molar-refractivity contribution in [3.63, 3.8) is 0 Å². The number of nitrogens with zero attached hydrogens (tertiary/aromatic N) is 3. The molecule has 0 aliphatic carbocycles. The molecule has 7 heteroatoms. The topological polar surface area (TPSA) is 83.7 Å². The van der Waals surface area contributed by atoms with Crippen LogP contribution in [0.4, 0.5) is 0 Å². The number of benzene rings is 1. The van der Waals surface area contributed by atoms with E-state index in [9.17, 15) is 9.00 Å². The van der Waals surface area contributed by atoms with Crippen LogP contribution in [0, 0.1) is 18.3 Å². The van der Waals surface area contributed by atoms with Gasteiger partial charge in [-0.05, 0) is 19.1 Å². The number of hydrogen-bond donors (Lipinski definition) is 0. The lowest BCUT2D eigenvalue weighted by molar-refractivity contribution is 0.102. The summed E-state index contributed by atoms with van der Waals surface area (Å²) in [6.07, 6.45) is 0. The van der Waals surface area contributed by atoms with Crippen molar-refractivity contribution < 1.29 is 9.00 Å². The lowest BCUT2D eigenvalue weighted by Crippen LogP contribution is -2.11. The van der Waals surface area contributed by atoms with Crippen molar-refractivity contribution in [1.29, 1.82) is 5.26 Å². The van der Waals surface area contributed by atoms with E-state index in [0.29, 0.717) is 20.5 Å². The summed E-state index contributed by atoms with van der Waals surface area (Å²) in [5.41, 5.74) is 0.922. The third-order valence-corrected chi connectivity index (χ3v) is 4.74. The number of rotatable bonds is 4. The molecule has 1 aromatic carbocycles. The van der Waals surface area contributed by atoms with Crippen LogP contribution >= 0.6 is 11.3 Å². The molecule has 1 unspecified atom stereocenters. The van der Waals surface area contributed by atoms with Gasteiger partial charge in [0, 0.05) is 5.56 Å². The second-order valence-corrected chi connectivity index (χ2v) is 6.50. The van der Waals surface area contributed by atoms with Gasteiger partial charge < -0.3 is 0 Å². The van der Waals surface area contributed by atoms with Gasteiger partial charge in [-0.15, -0.1) is 10.2 Å². The minimum atomic E-state index is -1.47. The summed E-state index contributed by atoms with van der Waals surface area (Å²) in [6, 6.07) is 8.21. The van der Waals surface area contributed by atoms with Gasteiger partial charge in [0.25, 0.3) is 0 Å². The standard InChI is InChI=1S/C12H9N3O2S2/c1-8-14-15-12(18-8)19(17)7-11(16)10-4-2-9(6-13)3-5-10/h2-5H,7H2,1H3.